The van der Waals surface area contributed by atoms with Gasteiger partial charge in [-0.2, -0.15) is 0 Å². The van der Waals surface area contributed by atoms with Crippen LogP contribution >= 0.6 is 0 Å². The zero-order chi connectivity index (χ0) is 10.0. The molecule has 3 heteroatoms. The summed E-state index contributed by atoms with van der Waals surface area (Å²) in [6.07, 6.45) is 0. The second-order valence-electron chi connectivity index (χ2n) is 3.20. The van der Waals surface area contributed by atoms with Gasteiger partial charge in [0.1, 0.15) is 5.82 Å². The first-order valence-corrected chi connectivity index (χ1v) is 4.20. The predicted molar refractivity (Wildman–Crippen MR) is 49.9 cm³/mol. The fourth-order valence-corrected chi connectivity index (χ4v) is 1.34. The van der Waals surface area contributed by atoms with Crippen molar-refractivity contribution in [1.29, 1.82) is 0 Å². The Morgan fingerprint density at radius 1 is 1.46 bits per heavy atom. The minimum Gasteiger partial charge on any atom is -0.394 e. The average Bonchev–Trinajstić information content (AvgIpc) is 2.13. The quantitative estimate of drug-likeness (QED) is 0.728. The average molecular weight is 183 g/mol. The Morgan fingerprint density at radius 3 is 2.62 bits per heavy atom. The molecule has 1 aromatic rings. The van der Waals surface area contributed by atoms with Gasteiger partial charge in [0, 0.05) is 0 Å². The van der Waals surface area contributed by atoms with Crippen molar-refractivity contribution in [2.24, 2.45) is 5.73 Å². The normalized spacial score (nSPS) is 13.0. The van der Waals surface area contributed by atoms with E-state index in [9.17, 15) is 4.39 Å². The van der Waals surface area contributed by atoms with Crippen LogP contribution in [-0.4, -0.2) is 11.7 Å². The third-order valence-electron chi connectivity index (χ3n) is 2.22. The number of aliphatic hydroxyl groups is 1. The molecule has 0 heterocycles. The van der Waals surface area contributed by atoms with Crippen LogP contribution in [0.5, 0.6) is 0 Å². The van der Waals surface area contributed by atoms with Gasteiger partial charge < -0.3 is 10.8 Å². The van der Waals surface area contributed by atoms with Gasteiger partial charge in [0.05, 0.1) is 12.6 Å². The predicted octanol–water partition coefficient (Wildman–Crippen LogP) is 1.43. The molecule has 72 valence electrons. The summed E-state index contributed by atoms with van der Waals surface area (Å²) < 4.78 is 13.4. The Labute approximate surface area is 77.2 Å². The molecule has 13 heavy (non-hydrogen) atoms. The van der Waals surface area contributed by atoms with E-state index in [1.807, 2.05) is 0 Å². The van der Waals surface area contributed by atoms with Crippen molar-refractivity contribution < 1.29 is 9.50 Å². The van der Waals surface area contributed by atoms with Gasteiger partial charge in [0.25, 0.3) is 0 Å². The third kappa shape index (κ3) is 1.87. The van der Waals surface area contributed by atoms with E-state index in [-0.39, 0.29) is 12.4 Å². The molecule has 1 rings (SSSR count). The summed E-state index contributed by atoms with van der Waals surface area (Å²) in [5, 5.41) is 8.83. The van der Waals surface area contributed by atoms with Crippen LogP contribution in [0.2, 0.25) is 0 Å². The lowest BCUT2D eigenvalue weighted by atomic mass is 9.99. The molecule has 1 atom stereocenters. The molecule has 0 aliphatic rings. The smallest absolute Gasteiger partial charge is 0.129 e. The Kier molecular flexibility index (Phi) is 3.01. The first-order chi connectivity index (χ1) is 6.07. The summed E-state index contributed by atoms with van der Waals surface area (Å²) in [6.45, 7) is 3.22. The van der Waals surface area contributed by atoms with Gasteiger partial charge >= 0.3 is 0 Å². The first-order valence-electron chi connectivity index (χ1n) is 4.20. The van der Waals surface area contributed by atoms with Crippen molar-refractivity contribution in [3.63, 3.8) is 0 Å². The maximum atomic E-state index is 13.4. The summed E-state index contributed by atoms with van der Waals surface area (Å²) in [5.41, 5.74) is 7.40. The number of aliphatic hydroxyl groups excluding tert-OH is 1. The molecule has 1 aromatic carbocycles. The second kappa shape index (κ2) is 3.85. The van der Waals surface area contributed by atoms with Crippen molar-refractivity contribution in [1.82, 2.24) is 0 Å². The van der Waals surface area contributed by atoms with Gasteiger partial charge in [0.15, 0.2) is 0 Å². The fraction of sp³-hybridized carbons (Fsp3) is 0.400. The number of halogens is 1. The summed E-state index contributed by atoms with van der Waals surface area (Å²) >= 11 is 0. The largest absolute Gasteiger partial charge is 0.394 e. The van der Waals surface area contributed by atoms with E-state index in [0.29, 0.717) is 16.7 Å². The third-order valence-corrected chi connectivity index (χ3v) is 2.22. The lowest BCUT2D eigenvalue weighted by Gasteiger charge is -2.13. The minimum absolute atomic E-state index is 0.163. The topological polar surface area (TPSA) is 46.2 Å². The maximum absolute atomic E-state index is 13.4. The van der Waals surface area contributed by atoms with Crippen LogP contribution in [-0.2, 0) is 0 Å². The molecular weight excluding hydrogens is 169 g/mol. The van der Waals surface area contributed by atoms with Gasteiger partial charge in [-0.3, -0.25) is 0 Å². The summed E-state index contributed by atoms with van der Waals surface area (Å²) in [4.78, 5) is 0. The molecule has 0 amide bonds. The molecule has 0 fully saturated rings. The molecular formula is C10H14FNO. The van der Waals surface area contributed by atoms with Crippen LogP contribution in [0.15, 0.2) is 12.1 Å². The molecule has 0 radical (unpaired) electrons. The highest BCUT2D eigenvalue weighted by molar-refractivity contribution is 5.34. The molecule has 3 N–H and O–H groups in total. The number of nitrogens with two attached hydrogens (primary N) is 1. The van der Waals surface area contributed by atoms with Gasteiger partial charge in [-0.05, 0) is 30.5 Å². The zero-order valence-corrected chi connectivity index (χ0v) is 7.84. The van der Waals surface area contributed by atoms with Crippen LogP contribution in [0, 0.1) is 19.7 Å². The fourth-order valence-electron chi connectivity index (χ4n) is 1.34. The number of hydrogen-bond donors (Lipinski definition) is 2. The Hall–Kier alpha value is -0.930. The van der Waals surface area contributed by atoms with Crippen LogP contribution in [0.1, 0.15) is 22.7 Å². The zero-order valence-electron chi connectivity index (χ0n) is 7.84. The Bertz CT molecular complexity index is 312. The van der Waals surface area contributed by atoms with Crippen LogP contribution in [0.25, 0.3) is 0 Å². The minimum atomic E-state index is -0.491. The van der Waals surface area contributed by atoms with Gasteiger partial charge in [0.2, 0.25) is 0 Å². The number of rotatable bonds is 2. The molecule has 0 aromatic heterocycles. The van der Waals surface area contributed by atoms with Crippen molar-refractivity contribution >= 4 is 0 Å². The van der Waals surface area contributed by atoms with Crippen molar-refractivity contribution in [2.75, 3.05) is 6.61 Å². The van der Waals surface area contributed by atoms with Gasteiger partial charge in [-0.15, -0.1) is 0 Å². The van der Waals surface area contributed by atoms with Crippen molar-refractivity contribution in [3.8, 4) is 0 Å². The standard InChI is InChI=1S/C10H14FNO/c1-6-3-4-8(9(12)5-13)7(2)10(6)11/h3-4,9,13H,5,12H2,1-2H3. The molecule has 0 aliphatic heterocycles. The second-order valence-corrected chi connectivity index (χ2v) is 3.20. The van der Waals surface area contributed by atoms with E-state index in [1.54, 1.807) is 26.0 Å². The molecule has 2 nitrogen and oxygen atoms in total. The molecule has 0 spiro atoms. The van der Waals surface area contributed by atoms with Gasteiger partial charge in [-0.25, -0.2) is 4.39 Å². The van der Waals surface area contributed by atoms with Crippen LogP contribution in [0.4, 0.5) is 4.39 Å². The molecule has 0 saturated heterocycles. The summed E-state index contributed by atoms with van der Waals surface area (Å²) in [7, 11) is 0. The Balaban J connectivity index is 3.18. The monoisotopic (exact) mass is 183 g/mol. The highest BCUT2D eigenvalue weighted by atomic mass is 19.1. The van der Waals surface area contributed by atoms with Crippen LogP contribution < -0.4 is 5.73 Å². The first kappa shape index (κ1) is 10.2. The highest BCUT2D eigenvalue weighted by Crippen LogP contribution is 2.20. The maximum Gasteiger partial charge on any atom is 0.129 e. The number of benzene rings is 1. The summed E-state index contributed by atoms with van der Waals surface area (Å²) in [5.74, 6) is -0.235. The lowest BCUT2D eigenvalue weighted by molar-refractivity contribution is 0.267. The SMILES string of the molecule is Cc1ccc(C(N)CO)c(C)c1F. The molecule has 0 saturated carbocycles. The van der Waals surface area contributed by atoms with E-state index in [1.165, 1.54) is 0 Å². The van der Waals surface area contributed by atoms with Crippen LogP contribution in [0.3, 0.4) is 0 Å². The molecule has 0 bridgehead atoms. The van der Waals surface area contributed by atoms with E-state index in [2.05, 4.69) is 0 Å². The van der Waals surface area contributed by atoms with Crippen molar-refractivity contribution in [3.05, 3.63) is 34.6 Å². The highest BCUT2D eigenvalue weighted by Gasteiger charge is 2.11. The molecule has 1 unspecified atom stereocenters. The van der Waals surface area contributed by atoms with E-state index < -0.39 is 6.04 Å². The molecule has 0 aliphatic carbocycles. The van der Waals surface area contributed by atoms with Gasteiger partial charge in [-0.1, -0.05) is 12.1 Å². The van der Waals surface area contributed by atoms with E-state index in [4.69, 9.17) is 10.8 Å². The van der Waals surface area contributed by atoms with E-state index >= 15 is 0 Å². The number of aryl methyl sites for hydroxylation is 1. The number of hydrogen-bond acceptors (Lipinski definition) is 2. The Morgan fingerprint density at radius 2 is 2.08 bits per heavy atom. The lowest BCUT2D eigenvalue weighted by Crippen LogP contribution is -2.16. The summed E-state index contributed by atoms with van der Waals surface area (Å²) in [6, 6.07) is 2.94. The van der Waals surface area contributed by atoms with Crippen molar-refractivity contribution in [2.45, 2.75) is 19.9 Å². The van der Waals surface area contributed by atoms with E-state index in [0.717, 1.165) is 0 Å².